The summed E-state index contributed by atoms with van der Waals surface area (Å²) < 4.78 is 125. The first-order valence-electron chi connectivity index (χ1n) is 9.22. The first-order chi connectivity index (χ1) is 15.2. The van der Waals surface area contributed by atoms with Gasteiger partial charge in [0.2, 0.25) is 8.07 Å². The molecule has 3 rings (SSSR count). The van der Waals surface area contributed by atoms with Crippen LogP contribution in [0.15, 0.2) is 72.8 Å². The Kier molecular flexibility index (Phi) is 6.15. The minimum Gasteiger partial charge on any atom is -0.166 e. The van der Waals surface area contributed by atoms with Crippen LogP contribution in [0.25, 0.3) is 0 Å². The minimum absolute atomic E-state index is 0.598. The minimum atomic E-state index is -5.08. The van der Waals surface area contributed by atoms with Gasteiger partial charge in [-0.1, -0.05) is 72.8 Å². The fraction of sp³-hybridized carbons (Fsp3) is 0.130. The Morgan fingerprint density at radius 2 is 0.727 bits per heavy atom. The van der Waals surface area contributed by atoms with Crippen molar-refractivity contribution in [2.45, 2.75) is 18.5 Å². The number of halogens is 9. The molecule has 0 saturated carbocycles. The molecule has 0 N–H and O–H groups in total. The Morgan fingerprint density at radius 3 is 0.939 bits per heavy atom. The van der Waals surface area contributed by atoms with Crippen LogP contribution in [0, 0.1) is 12.0 Å². The van der Waals surface area contributed by atoms with Crippen LogP contribution in [0.3, 0.4) is 0 Å². The van der Waals surface area contributed by atoms with Crippen molar-refractivity contribution in [3.8, 4) is 12.0 Å². The summed E-state index contributed by atoms with van der Waals surface area (Å²) in [5.41, 5.74) is -2.12. The molecule has 3 aromatic rings. The van der Waals surface area contributed by atoms with Gasteiger partial charge in [0.25, 0.3) is 0 Å². The highest BCUT2D eigenvalue weighted by molar-refractivity contribution is 7.17. The zero-order valence-corrected chi connectivity index (χ0v) is 17.4. The summed E-state index contributed by atoms with van der Waals surface area (Å²) in [5.74, 6) is 0. The Hall–Kier alpha value is -3.19. The van der Waals surface area contributed by atoms with Gasteiger partial charge in [-0.05, 0) is 15.6 Å². The lowest BCUT2D eigenvalue weighted by atomic mass is 10.2. The standard InChI is InChI=1S/C23H13F9Si/c1-2-33(18-12-6-3-9-15(18)21(24,25)26,19-13-7-4-10-16(19)22(27,28)29)20-14-8-5-11-17(20)23(30,31)32/h1,3-14H. The van der Waals surface area contributed by atoms with Gasteiger partial charge in [-0.15, -0.1) is 12.0 Å². The van der Waals surface area contributed by atoms with Crippen LogP contribution in [0.5, 0.6) is 0 Å². The van der Waals surface area contributed by atoms with Crippen molar-refractivity contribution in [2.24, 2.45) is 0 Å². The first kappa shape index (κ1) is 24.4. The molecule has 0 amide bonds. The van der Waals surface area contributed by atoms with Gasteiger partial charge in [0.1, 0.15) is 0 Å². The summed E-state index contributed by atoms with van der Waals surface area (Å²) in [6.45, 7) is 0. The van der Waals surface area contributed by atoms with E-state index in [1.165, 1.54) is 0 Å². The van der Waals surface area contributed by atoms with Gasteiger partial charge in [-0.2, -0.15) is 39.5 Å². The number of hydrogen-bond acceptors (Lipinski definition) is 0. The average Bonchev–Trinajstić information content (AvgIpc) is 2.74. The van der Waals surface area contributed by atoms with Crippen molar-refractivity contribution in [2.75, 3.05) is 0 Å². The van der Waals surface area contributed by atoms with E-state index in [1.54, 1.807) is 0 Å². The molecule has 0 aliphatic carbocycles. The second-order valence-corrected chi connectivity index (χ2v) is 10.4. The SMILES string of the molecule is C#C[Si](c1ccccc1C(F)(F)F)(c1ccccc1C(F)(F)F)c1ccccc1C(F)(F)F. The second-order valence-electron chi connectivity index (χ2n) is 7.02. The van der Waals surface area contributed by atoms with E-state index in [1.807, 2.05) is 5.54 Å². The molecular weight excluding hydrogens is 475 g/mol. The van der Waals surface area contributed by atoms with E-state index >= 15 is 0 Å². The number of benzene rings is 3. The topological polar surface area (TPSA) is 0 Å². The molecule has 0 unspecified atom stereocenters. The maximum Gasteiger partial charge on any atom is 0.416 e. The molecule has 0 nitrogen and oxygen atoms in total. The van der Waals surface area contributed by atoms with Crippen molar-refractivity contribution in [3.05, 3.63) is 89.5 Å². The Balaban J connectivity index is 2.62. The monoisotopic (exact) mass is 488 g/mol. The summed E-state index contributed by atoms with van der Waals surface area (Å²) >= 11 is 0. The van der Waals surface area contributed by atoms with Gasteiger partial charge in [-0.25, -0.2) is 0 Å². The van der Waals surface area contributed by atoms with Gasteiger partial charge in [0.05, 0.1) is 16.7 Å². The third kappa shape index (κ3) is 4.37. The van der Waals surface area contributed by atoms with Gasteiger partial charge >= 0.3 is 18.5 Å². The quantitative estimate of drug-likeness (QED) is 0.201. The molecule has 172 valence electrons. The third-order valence-corrected chi connectivity index (χ3v) is 9.29. The van der Waals surface area contributed by atoms with Crippen LogP contribution in [-0.2, 0) is 18.5 Å². The molecule has 0 aromatic heterocycles. The summed E-state index contributed by atoms with van der Waals surface area (Å²) in [6.07, 6.45) is -9.58. The van der Waals surface area contributed by atoms with Crippen LogP contribution in [0.1, 0.15) is 16.7 Å². The van der Waals surface area contributed by atoms with E-state index in [-0.39, 0.29) is 0 Å². The van der Waals surface area contributed by atoms with Crippen molar-refractivity contribution in [1.82, 2.24) is 0 Å². The van der Waals surface area contributed by atoms with Gasteiger partial charge in [0, 0.05) is 0 Å². The molecule has 0 bridgehead atoms. The average molecular weight is 488 g/mol. The fourth-order valence-corrected chi connectivity index (χ4v) is 8.10. The maximum atomic E-state index is 13.9. The summed E-state index contributed by atoms with van der Waals surface area (Å²) in [6, 6.07) is 10.7. The van der Waals surface area contributed by atoms with Gasteiger partial charge in [-0.3, -0.25) is 0 Å². The van der Waals surface area contributed by atoms with Crippen LogP contribution in [-0.4, -0.2) is 8.07 Å². The Morgan fingerprint density at radius 1 is 0.485 bits per heavy atom. The van der Waals surface area contributed by atoms with Gasteiger partial charge < -0.3 is 0 Å². The molecule has 0 heterocycles. The van der Waals surface area contributed by atoms with Crippen LogP contribution in [0.4, 0.5) is 39.5 Å². The molecule has 3 aromatic carbocycles. The number of alkyl halides is 9. The highest BCUT2D eigenvalue weighted by atomic mass is 28.3. The summed E-state index contributed by atoms with van der Waals surface area (Å²) in [4.78, 5) is 0. The van der Waals surface area contributed by atoms with Crippen LogP contribution >= 0.6 is 0 Å². The number of hydrogen-bond donors (Lipinski definition) is 0. The van der Waals surface area contributed by atoms with E-state index < -0.39 is 58.9 Å². The molecular formula is C23H13F9Si. The molecule has 0 spiro atoms. The van der Waals surface area contributed by atoms with E-state index in [2.05, 4.69) is 0 Å². The molecule has 33 heavy (non-hydrogen) atoms. The normalized spacial score (nSPS) is 13.0. The summed E-state index contributed by atoms with van der Waals surface area (Å²) in [5, 5.41) is -2.35. The lowest BCUT2D eigenvalue weighted by Gasteiger charge is -2.34. The number of rotatable bonds is 3. The van der Waals surface area contributed by atoms with Gasteiger partial charge in [0.15, 0.2) is 0 Å². The number of terminal acetylenes is 1. The molecule has 0 fully saturated rings. The smallest absolute Gasteiger partial charge is 0.166 e. The van der Waals surface area contributed by atoms with E-state index in [4.69, 9.17) is 6.42 Å². The third-order valence-electron chi connectivity index (χ3n) is 5.13. The lowest BCUT2D eigenvalue weighted by Crippen LogP contribution is -2.70. The lowest BCUT2D eigenvalue weighted by molar-refractivity contribution is -0.137. The molecule has 0 saturated heterocycles. The predicted octanol–water partition coefficient (Wildman–Crippen LogP) is 5.39. The highest BCUT2D eigenvalue weighted by Gasteiger charge is 2.52. The Labute approximate surface area is 183 Å². The van der Waals surface area contributed by atoms with Crippen molar-refractivity contribution in [3.63, 3.8) is 0 Å². The first-order valence-corrected chi connectivity index (χ1v) is 11.2. The maximum absolute atomic E-state index is 13.9. The molecule has 0 atom stereocenters. The predicted molar refractivity (Wildman–Crippen MR) is 108 cm³/mol. The zero-order valence-electron chi connectivity index (χ0n) is 16.4. The molecule has 10 heteroatoms. The van der Waals surface area contributed by atoms with E-state index in [9.17, 15) is 39.5 Å². The largest absolute Gasteiger partial charge is 0.416 e. The molecule has 0 radical (unpaired) electrons. The van der Waals surface area contributed by atoms with Crippen molar-refractivity contribution >= 4 is 23.6 Å². The second kappa shape index (κ2) is 8.30. The fourth-order valence-electron chi connectivity index (χ4n) is 3.84. The highest BCUT2D eigenvalue weighted by Crippen LogP contribution is 2.34. The van der Waals surface area contributed by atoms with Crippen LogP contribution < -0.4 is 15.6 Å². The van der Waals surface area contributed by atoms with Crippen LogP contribution in [0.2, 0.25) is 0 Å². The molecule has 0 aliphatic heterocycles. The Bertz CT molecular complexity index is 1060. The summed E-state index contributed by atoms with van der Waals surface area (Å²) in [7, 11) is -4.99. The van der Waals surface area contributed by atoms with Crippen molar-refractivity contribution < 1.29 is 39.5 Å². The van der Waals surface area contributed by atoms with E-state index in [0.29, 0.717) is 18.2 Å². The molecule has 0 aliphatic rings. The van der Waals surface area contributed by atoms with E-state index in [0.717, 1.165) is 54.6 Å². The zero-order chi connectivity index (χ0) is 24.7. The van der Waals surface area contributed by atoms with Crippen molar-refractivity contribution in [1.29, 1.82) is 0 Å².